The summed E-state index contributed by atoms with van der Waals surface area (Å²) in [5, 5.41) is 3.33. The molecule has 0 spiro atoms. The highest BCUT2D eigenvalue weighted by molar-refractivity contribution is 5.80. The predicted molar refractivity (Wildman–Crippen MR) is 119 cm³/mol. The van der Waals surface area contributed by atoms with E-state index in [0.717, 1.165) is 43.5 Å². The number of nitrogens with one attached hydrogen (secondary N) is 1. The number of aliphatic imine (C=N–C) groups is 1. The van der Waals surface area contributed by atoms with Crippen LogP contribution in [0.1, 0.15) is 5.56 Å². The molecule has 0 bridgehead atoms. The highest BCUT2D eigenvalue weighted by Crippen LogP contribution is 2.24. The summed E-state index contributed by atoms with van der Waals surface area (Å²) >= 11 is 0. The molecule has 0 atom stereocenters. The first kappa shape index (κ1) is 20.6. The SMILES string of the molecule is CN=C(NCc1ccc(Oc2cccnc2)c(F)c1)N1CCN(c2ccccn2)CC1. The summed E-state index contributed by atoms with van der Waals surface area (Å²) in [5.41, 5.74) is 0.810. The Morgan fingerprint density at radius 3 is 2.65 bits per heavy atom. The van der Waals surface area contributed by atoms with Crippen LogP contribution < -0.4 is 15.0 Å². The minimum absolute atomic E-state index is 0.173. The normalized spacial score (nSPS) is 14.5. The number of hydrogen-bond donors (Lipinski definition) is 1. The minimum atomic E-state index is -0.415. The van der Waals surface area contributed by atoms with Gasteiger partial charge < -0.3 is 19.9 Å². The Morgan fingerprint density at radius 2 is 1.97 bits per heavy atom. The molecule has 0 saturated carbocycles. The zero-order chi connectivity index (χ0) is 21.5. The van der Waals surface area contributed by atoms with Gasteiger partial charge in [-0.05, 0) is 42.0 Å². The van der Waals surface area contributed by atoms with Gasteiger partial charge in [-0.25, -0.2) is 9.37 Å². The van der Waals surface area contributed by atoms with Crippen LogP contribution in [-0.4, -0.2) is 54.1 Å². The van der Waals surface area contributed by atoms with Crippen LogP contribution in [0.5, 0.6) is 11.5 Å². The number of ether oxygens (including phenoxy) is 1. The average Bonchev–Trinajstić information content (AvgIpc) is 2.83. The maximum absolute atomic E-state index is 14.5. The zero-order valence-electron chi connectivity index (χ0n) is 17.4. The Labute approximate surface area is 181 Å². The predicted octanol–water partition coefficient (Wildman–Crippen LogP) is 3.31. The van der Waals surface area contributed by atoms with Crippen LogP contribution in [0.15, 0.2) is 72.1 Å². The second-order valence-corrected chi connectivity index (χ2v) is 7.12. The molecule has 160 valence electrons. The van der Waals surface area contributed by atoms with E-state index in [9.17, 15) is 4.39 Å². The third-order valence-corrected chi connectivity index (χ3v) is 5.07. The summed E-state index contributed by atoms with van der Waals surface area (Å²) in [6, 6.07) is 14.4. The van der Waals surface area contributed by atoms with E-state index in [1.807, 2.05) is 30.5 Å². The molecule has 1 aliphatic heterocycles. The number of halogens is 1. The molecule has 7 nitrogen and oxygen atoms in total. The van der Waals surface area contributed by atoms with Gasteiger partial charge in [0.15, 0.2) is 17.5 Å². The Morgan fingerprint density at radius 1 is 1.10 bits per heavy atom. The van der Waals surface area contributed by atoms with Crippen LogP contribution in [0.25, 0.3) is 0 Å². The molecule has 1 aliphatic rings. The number of hydrogen-bond acceptors (Lipinski definition) is 5. The summed E-state index contributed by atoms with van der Waals surface area (Å²) in [4.78, 5) is 17.3. The Balaban J connectivity index is 1.31. The monoisotopic (exact) mass is 420 g/mol. The lowest BCUT2D eigenvalue weighted by Gasteiger charge is -2.37. The van der Waals surface area contributed by atoms with Gasteiger partial charge in [0.2, 0.25) is 0 Å². The van der Waals surface area contributed by atoms with Crippen LogP contribution in [-0.2, 0) is 6.54 Å². The maximum Gasteiger partial charge on any atom is 0.194 e. The van der Waals surface area contributed by atoms with E-state index in [0.29, 0.717) is 12.3 Å². The van der Waals surface area contributed by atoms with Crippen LogP contribution in [0.4, 0.5) is 10.2 Å². The summed E-state index contributed by atoms with van der Waals surface area (Å²) in [6.45, 7) is 3.88. The number of nitrogens with zero attached hydrogens (tertiary/aromatic N) is 5. The van der Waals surface area contributed by atoms with E-state index in [4.69, 9.17) is 4.74 Å². The summed E-state index contributed by atoms with van der Waals surface area (Å²) in [6.07, 6.45) is 5.00. The van der Waals surface area contributed by atoms with Crippen molar-refractivity contribution >= 4 is 11.8 Å². The zero-order valence-corrected chi connectivity index (χ0v) is 17.4. The molecule has 0 radical (unpaired) electrons. The molecule has 0 amide bonds. The Bertz CT molecular complexity index is 1010. The lowest BCUT2D eigenvalue weighted by atomic mass is 10.2. The molecule has 0 unspecified atom stereocenters. The topological polar surface area (TPSA) is 65.9 Å². The Hall–Kier alpha value is -3.68. The third-order valence-electron chi connectivity index (χ3n) is 5.07. The fourth-order valence-electron chi connectivity index (χ4n) is 3.47. The van der Waals surface area contributed by atoms with E-state index in [1.54, 1.807) is 37.6 Å². The number of guanidine groups is 1. The van der Waals surface area contributed by atoms with Crippen molar-refractivity contribution < 1.29 is 9.13 Å². The van der Waals surface area contributed by atoms with Gasteiger partial charge in [0.05, 0.1) is 6.20 Å². The van der Waals surface area contributed by atoms with E-state index < -0.39 is 5.82 Å². The van der Waals surface area contributed by atoms with Crippen molar-refractivity contribution in [2.45, 2.75) is 6.54 Å². The maximum atomic E-state index is 14.5. The van der Waals surface area contributed by atoms with Crippen LogP contribution in [0.2, 0.25) is 0 Å². The molecule has 31 heavy (non-hydrogen) atoms. The number of pyridine rings is 2. The molecule has 2 aromatic heterocycles. The first-order chi connectivity index (χ1) is 15.2. The fraction of sp³-hybridized carbons (Fsp3) is 0.261. The Kier molecular flexibility index (Phi) is 6.56. The molecule has 1 fully saturated rings. The minimum Gasteiger partial charge on any atom is -0.453 e. The van der Waals surface area contributed by atoms with Crippen LogP contribution in [0.3, 0.4) is 0 Å². The quantitative estimate of drug-likeness (QED) is 0.505. The van der Waals surface area contributed by atoms with Gasteiger partial charge in [0, 0.05) is 52.2 Å². The summed E-state index contributed by atoms with van der Waals surface area (Å²) in [7, 11) is 1.76. The molecule has 0 aliphatic carbocycles. The molecule has 3 heterocycles. The number of rotatable bonds is 5. The molecule has 8 heteroatoms. The fourth-order valence-corrected chi connectivity index (χ4v) is 3.47. The summed E-state index contributed by atoms with van der Waals surface area (Å²) < 4.78 is 20.0. The van der Waals surface area contributed by atoms with Gasteiger partial charge in [-0.2, -0.15) is 0 Å². The van der Waals surface area contributed by atoms with E-state index in [-0.39, 0.29) is 5.75 Å². The first-order valence-electron chi connectivity index (χ1n) is 10.2. The molecular formula is C23H25FN6O. The van der Waals surface area contributed by atoms with Crippen molar-refractivity contribution in [2.75, 3.05) is 38.1 Å². The number of anilines is 1. The van der Waals surface area contributed by atoms with Gasteiger partial charge in [0.25, 0.3) is 0 Å². The largest absolute Gasteiger partial charge is 0.453 e. The van der Waals surface area contributed by atoms with E-state index in [1.165, 1.54) is 6.07 Å². The van der Waals surface area contributed by atoms with E-state index >= 15 is 0 Å². The van der Waals surface area contributed by atoms with Crippen LogP contribution >= 0.6 is 0 Å². The number of piperazine rings is 1. The highest BCUT2D eigenvalue weighted by Gasteiger charge is 2.20. The molecule has 3 aromatic rings. The highest BCUT2D eigenvalue weighted by atomic mass is 19.1. The van der Waals surface area contributed by atoms with Crippen molar-refractivity contribution in [1.29, 1.82) is 0 Å². The van der Waals surface area contributed by atoms with Crippen molar-refractivity contribution in [3.8, 4) is 11.5 Å². The second-order valence-electron chi connectivity index (χ2n) is 7.12. The molecule has 4 rings (SSSR count). The van der Waals surface area contributed by atoms with Gasteiger partial charge in [-0.15, -0.1) is 0 Å². The van der Waals surface area contributed by atoms with E-state index in [2.05, 4.69) is 30.1 Å². The van der Waals surface area contributed by atoms with Crippen molar-refractivity contribution in [2.24, 2.45) is 4.99 Å². The van der Waals surface area contributed by atoms with Crippen LogP contribution in [0, 0.1) is 5.82 Å². The van der Waals surface area contributed by atoms with Gasteiger partial charge >= 0.3 is 0 Å². The van der Waals surface area contributed by atoms with Gasteiger partial charge in [-0.3, -0.25) is 9.98 Å². The average molecular weight is 420 g/mol. The molecule has 1 aromatic carbocycles. The van der Waals surface area contributed by atoms with Crippen molar-refractivity contribution in [3.63, 3.8) is 0 Å². The van der Waals surface area contributed by atoms with Crippen molar-refractivity contribution in [3.05, 3.63) is 78.5 Å². The number of aromatic nitrogens is 2. The van der Waals surface area contributed by atoms with Gasteiger partial charge in [-0.1, -0.05) is 12.1 Å². The molecule has 1 saturated heterocycles. The van der Waals surface area contributed by atoms with Gasteiger partial charge in [0.1, 0.15) is 11.6 Å². The molecule has 1 N–H and O–H groups in total. The lowest BCUT2D eigenvalue weighted by molar-refractivity contribution is 0.371. The second kappa shape index (κ2) is 9.88. The third kappa shape index (κ3) is 5.28. The smallest absolute Gasteiger partial charge is 0.194 e. The molecular weight excluding hydrogens is 395 g/mol. The lowest BCUT2D eigenvalue weighted by Crippen LogP contribution is -2.52. The first-order valence-corrected chi connectivity index (χ1v) is 10.2. The number of benzene rings is 1. The standard InChI is InChI=1S/C23H25FN6O/c1-25-23(30-13-11-29(12-14-30)22-6-2-3-10-27-22)28-16-18-7-8-21(20(24)15-18)31-19-5-4-9-26-17-19/h2-10,15,17H,11-14,16H2,1H3,(H,25,28). The summed E-state index contributed by atoms with van der Waals surface area (Å²) in [5.74, 6) is 2.05. The van der Waals surface area contributed by atoms with Crippen molar-refractivity contribution in [1.82, 2.24) is 20.2 Å².